The molecule has 0 aliphatic rings. The molecule has 0 radical (unpaired) electrons. The van der Waals surface area contributed by atoms with Crippen molar-refractivity contribution in [2.24, 2.45) is 0 Å². The van der Waals surface area contributed by atoms with Crippen molar-refractivity contribution in [3.63, 3.8) is 0 Å². The number of hydrogen-bond donors (Lipinski definition) is 1. The maximum absolute atomic E-state index is 9.45. The molecule has 0 saturated carbocycles. The lowest BCUT2D eigenvalue weighted by Crippen LogP contribution is -2.00. The molecule has 1 aromatic rings. The molecular weight excluding hydrogens is 265 g/mol. The average Bonchev–Trinajstić information content (AvgIpc) is 2.03. The first-order valence-corrected chi connectivity index (χ1v) is 5.07. The molecule has 1 aromatic heterocycles. The molecule has 1 heterocycles. The molecule has 5 heteroatoms. The fraction of sp³-hybridized carbons (Fsp3) is 0.286. The Morgan fingerprint density at radius 2 is 1.92 bits per heavy atom. The van der Waals surface area contributed by atoms with Gasteiger partial charge in [0.2, 0.25) is 0 Å². The van der Waals surface area contributed by atoms with Crippen molar-refractivity contribution in [3.8, 4) is 0 Å². The number of aromatic nitrogens is 1. The van der Waals surface area contributed by atoms with Crippen molar-refractivity contribution in [1.82, 2.24) is 4.98 Å². The van der Waals surface area contributed by atoms with Crippen LogP contribution in [0.25, 0.3) is 0 Å². The number of pyridine rings is 1. The van der Waals surface area contributed by atoms with Crippen LogP contribution in [-0.4, -0.2) is 15.4 Å². The minimum absolute atomic E-state index is 0.384. The topological polar surface area (TPSA) is 33.1 Å². The Kier molecular flexibility index (Phi) is 3.77. The van der Waals surface area contributed by atoms with E-state index < -0.39 is 6.10 Å². The van der Waals surface area contributed by atoms with Crippen LogP contribution in [0.1, 0.15) is 11.7 Å². The van der Waals surface area contributed by atoms with Gasteiger partial charge >= 0.3 is 0 Å². The highest BCUT2D eigenvalue weighted by molar-refractivity contribution is 9.09. The molecule has 1 N–H and O–H groups in total. The molecule has 1 rings (SSSR count). The van der Waals surface area contributed by atoms with Gasteiger partial charge in [-0.25, -0.2) is 0 Å². The van der Waals surface area contributed by atoms with Gasteiger partial charge in [-0.05, 0) is 0 Å². The smallest absolute Gasteiger partial charge is 0.0916 e. The minimum Gasteiger partial charge on any atom is -0.387 e. The molecule has 1 unspecified atom stereocenters. The van der Waals surface area contributed by atoms with Gasteiger partial charge in [-0.3, -0.25) is 4.98 Å². The highest BCUT2D eigenvalue weighted by Crippen LogP contribution is 2.29. The van der Waals surface area contributed by atoms with Gasteiger partial charge < -0.3 is 5.11 Å². The van der Waals surface area contributed by atoms with Crippen LogP contribution in [-0.2, 0) is 0 Å². The van der Waals surface area contributed by atoms with E-state index in [0.717, 1.165) is 0 Å². The Labute approximate surface area is 88.6 Å². The van der Waals surface area contributed by atoms with E-state index >= 15 is 0 Å². The van der Waals surface area contributed by atoms with E-state index in [-0.39, 0.29) is 0 Å². The van der Waals surface area contributed by atoms with Crippen molar-refractivity contribution in [2.45, 2.75) is 6.10 Å². The van der Waals surface area contributed by atoms with Gasteiger partial charge in [-0.15, -0.1) is 0 Å². The third kappa shape index (κ3) is 2.10. The van der Waals surface area contributed by atoms with Crippen molar-refractivity contribution < 1.29 is 5.11 Å². The van der Waals surface area contributed by atoms with Crippen LogP contribution in [0, 0.1) is 0 Å². The molecular formula is C7H6BrCl2NO. The van der Waals surface area contributed by atoms with Gasteiger partial charge in [0, 0.05) is 23.3 Å². The fourth-order valence-corrected chi connectivity index (χ4v) is 1.76. The normalized spacial score (nSPS) is 13.0. The summed E-state index contributed by atoms with van der Waals surface area (Å²) < 4.78 is 0. The van der Waals surface area contributed by atoms with Gasteiger partial charge in [-0.2, -0.15) is 0 Å². The van der Waals surface area contributed by atoms with E-state index in [1.54, 1.807) is 0 Å². The zero-order valence-electron chi connectivity index (χ0n) is 5.97. The van der Waals surface area contributed by atoms with Crippen LogP contribution in [0.2, 0.25) is 10.0 Å². The number of aliphatic hydroxyl groups is 1. The molecule has 0 saturated heterocycles. The molecule has 1 atom stereocenters. The van der Waals surface area contributed by atoms with Crippen LogP contribution in [0.4, 0.5) is 0 Å². The number of rotatable bonds is 2. The Morgan fingerprint density at radius 3 is 2.33 bits per heavy atom. The van der Waals surface area contributed by atoms with Gasteiger partial charge in [0.15, 0.2) is 0 Å². The van der Waals surface area contributed by atoms with Crippen LogP contribution in [0.5, 0.6) is 0 Å². The molecule has 0 aromatic carbocycles. The minimum atomic E-state index is -0.687. The standard InChI is InChI=1S/C7H6BrCl2NO/c8-1-6(12)7-4(9)2-11-3-5(7)10/h2-3,6,12H,1H2. The van der Waals surface area contributed by atoms with E-state index in [4.69, 9.17) is 23.2 Å². The molecule has 12 heavy (non-hydrogen) atoms. The highest BCUT2D eigenvalue weighted by Gasteiger charge is 2.13. The molecule has 66 valence electrons. The monoisotopic (exact) mass is 269 g/mol. The Balaban J connectivity index is 3.12. The number of nitrogens with zero attached hydrogens (tertiary/aromatic N) is 1. The number of hydrogen-bond acceptors (Lipinski definition) is 2. The van der Waals surface area contributed by atoms with Gasteiger partial charge in [0.05, 0.1) is 16.1 Å². The van der Waals surface area contributed by atoms with E-state index in [2.05, 4.69) is 20.9 Å². The summed E-state index contributed by atoms with van der Waals surface area (Å²) in [5.74, 6) is 0. The van der Waals surface area contributed by atoms with Crippen molar-refractivity contribution in [3.05, 3.63) is 28.0 Å². The molecule has 0 aliphatic carbocycles. The summed E-state index contributed by atoms with van der Waals surface area (Å²) in [5.41, 5.74) is 0.519. The zero-order chi connectivity index (χ0) is 9.14. The molecule has 0 aliphatic heterocycles. The second-order valence-electron chi connectivity index (χ2n) is 2.19. The third-order valence-corrected chi connectivity index (χ3v) is 2.59. The highest BCUT2D eigenvalue weighted by atomic mass is 79.9. The number of aliphatic hydroxyl groups excluding tert-OH is 1. The van der Waals surface area contributed by atoms with Crippen LogP contribution >= 0.6 is 39.1 Å². The lowest BCUT2D eigenvalue weighted by molar-refractivity contribution is 0.205. The SMILES string of the molecule is OC(CBr)c1c(Cl)cncc1Cl. The summed E-state index contributed by atoms with van der Waals surface area (Å²) in [6.45, 7) is 0. The summed E-state index contributed by atoms with van der Waals surface area (Å²) >= 11 is 14.7. The summed E-state index contributed by atoms with van der Waals surface area (Å²) in [6, 6.07) is 0. The molecule has 0 fully saturated rings. The van der Waals surface area contributed by atoms with Crippen LogP contribution in [0.15, 0.2) is 12.4 Å². The number of alkyl halides is 1. The second-order valence-corrected chi connectivity index (χ2v) is 3.65. The molecule has 0 bridgehead atoms. The maximum Gasteiger partial charge on any atom is 0.0916 e. The van der Waals surface area contributed by atoms with Gasteiger partial charge in [-0.1, -0.05) is 39.1 Å². The average molecular weight is 271 g/mol. The van der Waals surface area contributed by atoms with Crippen molar-refractivity contribution in [2.75, 3.05) is 5.33 Å². The Hall–Kier alpha value is 0.170. The first kappa shape index (κ1) is 10.3. The van der Waals surface area contributed by atoms with E-state index in [9.17, 15) is 5.11 Å². The molecule has 0 spiro atoms. The number of halogens is 3. The summed E-state index contributed by atoms with van der Waals surface area (Å²) in [5, 5.41) is 10.6. The van der Waals surface area contributed by atoms with Gasteiger partial charge in [0.1, 0.15) is 0 Å². The predicted molar refractivity (Wildman–Crippen MR) is 53.0 cm³/mol. The summed E-state index contributed by atoms with van der Waals surface area (Å²) in [7, 11) is 0. The summed E-state index contributed by atoms with van der Waals surface area (Å²) in [6.07, 6.45) is 2.22. The second kappa shape index (κ2) is 4.42. The van der Waals surface area contributed by atoms with Crippen LogP contribution in [0.3, 0.4) is 0 Å². The summed E-state index contributed by atoms with van der Waals surface area (Å²) in [4.78, 5) is 3.77. The van der Waals surface area contributed by atoms with E-state index in [0.29, 0.717) is 20.9 Å². The van der Waals surface area contributed by atoms with Crippen LogP contribution < -0.4 is 0 Å². The van der Waals surface area contributed by atoms with E-state index in [1.165, 1.54) is 12.4 Å². The molecule has 0 amide bonds. The lowest BCUT2D eigenvalue weighted by Gasteiger charge is -2.10. The van der Waals surface area contributed by atoms with Crippen molar-refractivity contribution in [1.29, 1.82) is 0 Å². The fourth-order valence-electron chi connectivity index (χ4n) is 0.817. The Bertz CT molecular complexity index is 262. The molecule has 2 nitrogen and oxygen atoms in total. The van der Waals surface area contributed by atoms with Crippen molar-refractivity contribution >= 4 is 39.1 Å². The first-order valence-electron chi connectivity index (χ1n) is 3.19. The quantitative estimate of drug-likeness (QED) is 0.839. The first-order chi connectivity index (χ1) is 5.66. The zero-order valence-corrected chi connectivity index (χ0v) is 9.07. The lowest BCUT2D eigenvalue weighted by atomic mass is 10.2. The third-order valence-electron chi connectivity index (χ3n) is 1.37. The maximum atomic E-state index is 9.45. The van der Waals surface area contributed by atoms with Gasteiger partial charge in [0.25, 0.3) is 0 Å². The Morgan fingerprint density at radius 1 is 1.42 bits per heavy atom. The predicted octanol–water partition coefficient (Wildman–Crippen LogP) is 2.82. The van der Waals surface area contributed by atoms with E-state index in [1.807, 2.05) is 0 Å². The largest absolute Gasteiger partial charge is 0.387 e.